The SMILES string of the molecule is CCN1CCN(C(=O)Cc2ccc(Cl)cc2Cl)CC1. The molecule has 0 aromatic heterocycles. The number of likely N-dealkylation sites (N-methyl/N-ethyl adjacent to an activating group) is 1. The van der Waals surface area contributed by atoms with Crippen LogP contribution in [0.5, 0.6) is 0 Å². The molecule has 1 aliphatic heterocycles. The van der Waals surface area contributed by atoms with Crippen LogP contribution in [0.15, 0.2) is 18.2 Å². The van der Waals surface area contributed by atoms with Crippen LogP contribution in [0.4, 0.5) is 0 Å². The monoisotopic (exact) mass is 300 g/mol. The van der Waals surface area contributed by atoms with E-state index in [1.54, 1.807) is 12.1 Å². The van der Waals surface area contributed by atoms with Crippen molar-refractivity contribution in [1.29, 1.82) is 0 Å². The summed E-state index contributed by atoms with van der Waals surface area (Å²) >= 11 is 11.9. The second kappa shape index (κ2) is 6.60. The fourth-order valence-electron chi connectivity index (χ4n) is 2.25. The lowest BCUT2D eigenvalue weighted by Gasteiger charge is -2.34. The highest BCUT2D eigenvalue weighted by atomic mass is 35.5. The van der Waals surface area contributed by atoms with E-state index in [9.17, 15) is 4.79 Å². The molecule has 0 saturated carbocycles. The molecule has 1 aromatic carbocycles. The van der Waals surface area contributed by atoms with Gasteiger partial charge in [-0.3, -0.25) is 4.79 Å². The summed E-state index contributed by atoms with van der Waals surface area (Å²) in [5.41, 5.74) is 0.842. The second-order valence-electron chi connectivity index (χ2n) is 4.73. The number of halogens is 2. The van der Waals surface area contributed by atoms with E-state index < -0.39 is 0 Å². The fraction of sp³-hybridized carbons (Fsp3) is 0.500. The minimum absolute atomic E-state index is 0.139. The Bertz CT molecular complexity index is 457. The van der Waals surface area contributed by atoms with Gasteiger partial charge < -0.3 is 9.80 Å². The van der Waals surface area contributed by atoms with Crippen LogP contribution in [-0.2, 0) is 11.2 Å². The lowest BCUT2D eigenvalue weighted by molar-refractivity contribution is -0.132. The first-order valence-electron chi connectivity index (χ1n) is 6.54. The average molecular weight is 301 g/mol. The van der Waals surface area contributed by atoms with Crippen molar-refractivity contribution in [3.63, 3.8) is 0 Å². The van der Waals surface area contributed by atoms with Crippen LogP contribution >= 0.6 is 23.2 Å². The first-order chi connectivity index (χ1) is 9.10. The molecule has 0 bridgehead atoms. The van der Waals surface area contributed by atoms with Gasteiger partial charge in [0.2, 0.25) is 5.91 Å². The molecule has 0 spiro atoms. The van der Waals surface area contributed by atoms with Gasteiger partial charge in [0.1, 0.15) is 0 Å². The number of carbonyl (C=O) groups excluding carboxylic acids is 1. The Hall–Kier alpha value is -0.770. The molecule has 1 heterocycles. The summed E-state index contributed by atoms with van der Waals surface area (Å²) < 4.78 is 0. The number of amides is 1. The average Bonchev–Trinajstić information content (AvgIpc) is 2.42. The van der Waals surface area contributed by atoms with E-state index in [1.807, 2.05) is 11.0 Å². The lowest BCUT2D eigenvalue weighted by Crippen LogP contribution is -2.48. The smallest absolute Gasteiger partial charge is 0.227 e. The normalized spacial score (nSPS) is 16.7. The van der Waals surface area contributed by atoms with E-state index in [1.165, 1.54) is 0 Å². The Morgan fingerprint density at radius 3 is 2.47 bits per heavy atom. The molecule has 0 aliphatic carbocycles. The maximum Gasteiger partial charge on any atom is 0.227 e. The van der Waals surface area contributed by atoms with Crippen LogP contribution in [0.25, 0.3) is 0 Å². The fourth-order valence-corrected chi connectivity index (χ4v) is 2.73. The van der Waals surface area contributed by atoms with Gasteiger partial charge in [-0.15, -0.1) is 0 Å². The number of rotatable bonds is 3. The van der Waals surface area contributed by atoms with Gasteiger partial charge in [0.25, 0.3) is 0 Å². The maximum absolute atomic E-state index is 12.2. The van der Waals surface area contributed by atoms with Gasteiger partial charge in [-0.1, -0.05) is 36.2 Å². The zero-order valence-corrected chi connectivity index (χ0v) is 12.5. The van der Waals surface area contributed by atoms with Crippen LogP contribution in [0.3, 0.4) is 0 Å². The second-order valence-corrected chi connectivity index (χ2v) is 5.57. The number of nitrogens with zero attached hydrogens (tertiary/aromatic N) is 2. The van der Waals surface area contributed by atoms with E-state index >= 15 is 0 Å². The predicted molar refractivity (Wildman–Crippen MR) is 78.9 cm³/mol. The summed E-state index contributed by atoms with van der Waals surface area (Å²) in [5.74, 6) is 0.139. The van der Waals surface area contributed by atoms with Gasteiger partial charge in [-0.05, 0) is 24.2 Å². The van der Waals surface area contributed by atoms with Gasteiger partial charge in [-0.25, -0.2) is 0 Å². The molecule has 1 aliphatic rings. The number of hydrogen-bond acceptors (Lipinski definition) is 2. The van der Waals surface area contributed by atoms with Crippen molar-refractivity contribution in [3.05, 3.63) is 33.8 Å². The summed E-state index contributed by atoms with van der Waals surface area (Å²) in [6.07, 6.45) is 0.349. The first kappa shape index (κ1) is 14.6. The minimum Gasteiger partial charge on any atom is -0.340 e. The summed E-state index contributed by atoms with van der Waals surface area (Å²) in [4.78, 5) is 16.5. The standard InChI is InChI=1S/C14H18Cl2N2O/c1-2-17-5-7-18(8-6-17)14(19)9-11-3-4-12(15)10-13(11)16/h3-4,10H,2,5-9H2,1H3. The van der Waals surface area contributed by atoms with Gasteiger partial charge in [0.15, 0.2) is 0 Å². The predicted octanol–water partition coefficient (Wildman–Crippen LogP) is 2.70. The molecule has 104 valence electrons. The van der Waals surface area contributed by atoms with Crippen molar-refractivity contribution in [3.8, 4) is 0 Å². The Morgan fingerprint density at radius 2 is 1.89 bits per heavy atom. The number of carbonyl (C=O) groups is 1. The zero-order chi connectivity index (χ0) is 13.8. The van der Waals surface area contributed by atoms with Crippen molar-refractivity contribution in [2.45, 2.75) is 13.3 Å². The van der Waals surface area contributed by atoms with E-state index in [-0.39, 0.29) is 5.91 Å². The van der Waals surface area contributed by atoms with Crippen LogP contribution in [-0.4, -0.2) is 48.4 Å². The van der Waals surface area contributed by atoms with Gasteiger partial charge in [0.05, 0.1) is 6.42 Å². The van der Waals surface area contributed by atoms with E-state index in [0.29, 0.717) is 16.5 Å². The topological polar surface area (TPSA) is 23.6 Å². The highest BCUT2D eigenvalue weighted by Crippen LogP contribution is 2.22. The number of piperazine rings is 1. The quantitative estimate of drug-likeness (QED) is 0.857. The molecule has 5 heteroatoms. The third-order valence-corrected chi connectivity index (χ3v) is 4.12. The summed E-state index contributed by atoms with van der Waals surface area (Å²) in [6.45, 7) is 6.71. The number of benzene rings is 1. The molecule has 1 amide bonds. The van der Waals surface area contributed by atoms with Gasteiger partial charge in [-0.2, -0.15) is 0 Å². The largest absolute Gasteiger partial charge is 0.340 e. The third-order valence-electron chi connectivity index (χ3n) is 3.53. The molecular weight excluding hydrogens is 283 g/mol. The Labute approximate surface area is 124 Å². The molecule has 1 saturated heterocycles. The third kappa shape index (κ3) is 3.85. The van der Waals surface area contributed by atoms with Crippen molar-refractivity contribution < 1.29 is 4.79 Å². The molecule has 1 fully saturated rings. The Balaban J connectivity index is 1.94. The highest BCUT2D eigenvalue weighted by molar-refractivity contribution is 6.35. The van der Waals surface area contributed by atoms with Crippen LogP contribution in [0.2, 0.25) is 10.0 Å². The van der Waals surface area contributed by atoms with Crippen LogP contribution in [0, 0.1) is 0 Å². The Kier molecular flexibility index (Phi) is 5.08. The van der Waals surface area contributed by atoms with E-state index in [0.717, 1.165) is 38.3 Å². The summed E-state index contributed by atoms with van der Waals surface area (Å²) in [6, 6.07) is 5.27. The van der Waals surface area contributed by atoms with Crippen molar-refractivity contribution in [2.24, 2.45) is 0 Å². The molecule has 3 nitrogen and oxygen atoms in total. The summed E-state index contributed by atoms with van der Waals surface area (Å²) in [5, 5.41) is 1.16. The molecule has 0 radical (unpaired) electrons. The number of hydrogen-bond donors (Lipinski definition) is 0. The van der Waals surface area contributed by atoms with Crippen molar-refractivity contribution in [2.75, 3.05) is 32.7 Å². The minimum atomic E-state index is 0.139. The lowest BCUT2D eigenvalue weighted by atomic mass is 10.1. The van der Waals surface area contributed by atoms with Crippen molar-refractivity contribution in [1.82, 2.24) is 9.80 Å². The van der Waals surface area contributed by atoms with E-state index in [4.69, 9.17) is 23.2 Å². The van der Waals surface area contributed by atoms with Gasteiger partial charge in [0, 0.05) is 36.2 Å². The zero-order valence-electron chi connectivity index (χ0n) is 11.0. The summed E-state index contributed by atoms with van der Waals surface area (Å²) in [7, 11) is 0. The molecule has 0 atom stereocenters. The van der Waals surface area contributed by atoms with Crippen LogP contribution < -0.4 is 0 Å². The molecule has 2 rings (SSSR count). The molecule has 0 unspecified atom stereocenters. The molecule has 19 heavy (non-hydrogen) atoms. The molecular formula is C14H18Cl2N2O. The Morgan fingerprint density at radius 1 is 1.21 bits per heavy atom. The molecule has 0 N–H and O–H groups in total. The van der Waals surface area contributed by atoms with Crippen LogP contribution in [0.1, 0.15) is 12.5 Å². The van der Waals surface area contributed by atoms with Crippen molar-refractivity contribution >= 4 is 29.1 Å². The highest BCUT2D eigenvalue weighted by Gasteiger charge is 2.20. The maximum atomic E-state index is 12.2. The first-order valence-corrected chi connectivity index (χ1v) is 7.30. The van der Waals surface area contributed by atoms with Gasteiger partial charge >= 0.3 is 0 Å². The van der Waals surface area contributed by atoms with E-state index in [2.05, 4.69) is 11.8 Å². The molecule has 1 aromatic rings.